The Labute approximate surface area is 216 Å². The van der Waals surface area contributed by atoms with E-state index in [4.69, 9.17) is 36.7 Å². The number of carboxylic acid groups (broad SMARTS) is 1. The molecule has 3 aliphatic rings. The van der Waals surface area contributed by atoms with Gasteiger partial charge in [-0.05, 0) is 60.7 Å². The third-order valence-electron chi connectivity index (χ3n) is 6.65. The van der Waals surface area contributed by atoms with Gasteiger partial charge in [-0.1, -0.05) is 17.7 Å². The third-order valence-corrected chi connectivity index (χ3v) is 6.87. The van der Waals surface area contributed by atoms with Gasteiger partial charge in [0, 0.05) is 16.5 Å². The number of aliphatic hydroxyl groups is 1. The molecule has 2 aromatic carbocycles. The van der Waals surface area contributed by atoms with Crippen molar-refractivity contribution in [3.05, 3.63) is 52.5 Å². The van der Waals surface area contributed by atoms with Crippen molar-refractivity contribution in [1.82, 2.24) is 0 Å². The summed E-state index contributed by atoms with van der Waals surface area (Å²) in [5.41, 5.74) is 5.77. The first-order valence-corrected chi connectivity index (χ1v) is 11.6. The SMILES string of the molecule is NC1=NC2(CO1)c1cc(-c3cc(Cl)cc(C(F)(F)F)c3)ccc1OC1CCC(O)CC12.O=C(O)C(F)(F)F. The van der Waals surface area contributed by atoms with Crippen LogP contribution in [0.1, 0.15) is 30.4 Å². The number of ether oxygens (including phenoxy) is 2. The lowest BCUT2D eigenvalue weighted by atomic mass is 9.67. The number of nitrogens with zero attached hydrogens (tertiary/aromatic N) is 1. The number of hydrogen-bond acceptors (Lipinski definition) is 6. The number of carboxylic acids is 1. The summed E-state index contributed by atoms with van der Waals surface area (Å²) >= 11 is 5.99. The van der Waals surface area contributed by atoms with Crippen molar-refractivity contribution >= 4 is 23.6 Å². The first-order chi connectivity index (χ1) is 17.6. The molecule has 4 unspecified atom stereocenters. The number of fused-ring (bicyclic) bond motifs is 4. The Morgan fingerprint density at radius 2 is 1.76 bits per heavy atom. The van der Waals surface area contributed by atoms with Crippen LogP contribution in [-0.2, 0) is 21.2 Å². The molecule has 206 valence electrons. The summed E-state index contributed by atoms with van der Waals surface area (Å²) in [6.45, 7) is 0.190. The van der Waals surface area contributed by atoms with Crippen LogP contribution >= 0.6 is 11.6 Å². The zero-order valence-corrected chi connectivity index (χ0v) is 20.1. The lowest BCUT2D eigenvalue weighted by Gasteiger charge is -2.47. The van der Waals surface area contributed by atoms with Gasteiger partial charge in [0.15, 0.2) is 0 Å². The molecule has 1 spiro atoms. The Morgan fingerprint density at radius 3 is 2.34 bits per heavy atom. The highest BCUT2D eigenvalue weighted by Gasteiger charge is 2.55. The van der Waals surface area contributed by atoms with Crippen LogP contribution in [0.15, 0.2) is 41.4 Å². The largest absolute Gasteiger partial charge is 0.490 e. The van der Waals surface area contributed by atoms with Crippen LogP contribution in [-0.4, -0.2) is 47.2 Å². The number of rotatable bonds is 1. The van der Waals surface area contributed by atoms with Crippen molar-refractivity contribution in [2.45, 2.75) is 49.4 Å². The average molecular weight is 567 g/mol. The van der Waals surface area contributed by atoms with E-state index in [1.807, 2.05) is 0 Å². The molecule has 1 fully saturated rings. The first kappa shape index (κ1) is 27.8. The van der Waals surface area contributed by atoms with Gasteiger partial charge in [0.25, 0.3) is 6.02 Å². The van der Waals surface area contributed by atoms with E-state index in [0.29, 0.717) is 41.7 Å². The molecular formula is C24H21ClF6N2O5. The van der Waals surface area contributed by atoms with Crippen LogP contribution in [0.4, 0.5) is 26.3 Å². The molecule has 14 heteroatoms. The quantitative estimate of drug-likeness (QED) is 0.413. The molecular weight excluding hydrogens is 546 g/mol. The summed E-state index contributed by atoms with van der Waals surface area (Å²) in [4.78, 5) is 13.5. The molecule has 4 atom stereocenters. The molecule has 0 aromatic heterocycles. The van der Waals surface area contributed by atoms with Gasteiger partial charge in [-0.3, -0.25) is 0 Å². The smallest absolute Gasteiger partial charge is 0.490 e. The molecule has 2 aromatic rings. The maximum absolute atomic E-state index is 13.3. The first-order valence-electron chi connectivity index (χ1n) is 11.3. The number of aliphatic hydroxyl groups excluding tert-OH is 1. The minimum atomic E-state index is -5.08. The maximum atomic E-state index is 13.3. The second kappa shape index (κ2) is 9.84. The van der Waals surface area contributed by atoms with E-state index in [2.05, 4.69) is 4.99 Å². The third kappa shape index (κ3) is 5.48. The number of nitrogens with two attached hydrogens (primary N) is 1. The van der Waals surface area contributed by atoms with E-state index >= 15 is 0 Å². The summed E-state index contributed by atoms with van der Waals surface area (Å²) in [7, 11) is 0. The van der Waals surface area contributed by atoms with Gasteiger partial charge in [0.05, 0.1) is 11.7 Å². The summed E-state index contributed by atoms with van der Waals surface area (Å²) in [5, 5.41) is 17.4. The average Bonchev–Trinajstić information content (AvgIpc) is 3.21. The predicted octanol–water partition coefficient (Wildman–Crippen LogP) is 5.12. The van der Waals surface area contributed by atoms with Crippen LogP contribution in [0.3, 0.4) is 0 Å². The van der Waals surface area contributed by atoms with Crippen molar-refractivity contribution in [3.63, 3.8) is 0 Å². The molecule has 38 heavy (non-hydrogen) atoms. The van der Waals surface area contributed by atoms with Crippen molar-refractivity contribution in [3.8, 4) is 16.9 Å². The number of halogens is 7. The molecule has 1 aliphatic carbocycles. The second-order valence-corrected chi connectivity index (χ2v) is 9.57. The molecule has 0 bridgehead atoms. The van der Waals surface area contributed by atoms with Crippen molar-refractivity contribution in [2.24, 2.45) is 16.6 Å². The monoisotopic (exact) mass is 566 g/mol. The van der Waals surface area contributed by atoms with Crippen LogP contribution in [0, 0.1) is 5.92 Å². The van der Waals surface area contributed by atoms with Gasteiger partial charge in [-0.15, -0.1) is 0 Å². The number of benzene rings is 2. The number of carbonyl (C=O) groups is 1. The lowest BCUT2D eigenvalue weighted by molar-refractivity contribution is -0.192. The Hall–Kier alpha value is -3.19. The van der Waals surface area contributed by atoms with E-state index in [0.717, 1.165) is 12.1 Å². The second-order valence-electron chi connectivity index (χ2n) is 9.13. The predicted molar refractivity (Wildman–Crippen MR) is 123 cm³/mol. The molecule has 4 N–H and O–H groups in total. The normalized spacial score (nSPS) is 26.2. The number of amidine groups is 1. The molecule has 0 saturated heterocycles. The lowest BCUT2D eigenvalue weighted by Crippen LogP contribution is -2.51. The van der Waals surface area contributed by atoms with E-state index in [1.165, 1.54) is 6.07 Å². The molecule has 1 saturated carbocycles. The fraction of sp³-hybridized carbons (Fsp3) is 0.417. The minimum Gasteiger partial charge on any atom is -0.490 e. The van der Waals surface area contributed by atoms with Gasteiger partial charge in [0.2, 0.25) is 0 Å². The Bertz CT molecular complexity index is 1270. The molecule has 7 nitrogen and oxygen atoms in total. The van der Waals surface area contributed by atoms with Gasteiger partial charge < -0.3 is 25.4 Å². The zero-order valence-electron chi connectivity index (χ0n) is 19.3. The molecule has 0 radical (unpaired) electrons. The summed E-state index contributed by atoms with van der Waals surface area (Å²) in [6.07, 6.45) is -8.44. The van der Waals surface area contributed by atoms with E-state index in [9.17, 15) is 31.4 Å². The Balaban J connectivity index is 0.000000426. The van der Waals surface area contributed by atoms with Gasteiger partial charge in [0.1, 0.15) is 24.0 Å². The highest BCUT2D eigenvalue weighted by molar-refractivity contribution is 6.31. The Kier molecular flexibility index (Phi) is 7.21. The number of aliphatic imine (C=N–C) groups is 1. The van der Waals surface area contributed by atoms with E-state index in [-0.39, 0.29) is 29.7 Å². The fourth-order valence-electron chi connectivity index (χ4n) is 4.97. The van der Waals surface area contributed by atoms with Gasteiger partial charge >= 0.3 is 18.3 Å². The number of aliphatic carboxylic acids is 1. The highest BCUT2D eigenvalue weighted by Crippen LogP contribution is 2.53. The van der Waals surface area contributed by atoms with Crippen molar-refractivity contribution in [2.75, 3.05) is 6.61 Å². The molecule has 0 amide bonds. The van der Waals surface area contributed by atoms with E-state index in [1.54, 1.807) is 18.2 Å². The van der Waals surface area contributed by atoms with Gasteiger partial charge in [-0.2, -0.15) is 26.3 Å². The maximum Gasteiger partial charge on any atom is 0.490 e. The van der Waals surface area contributed by atoms with Crippen LogP contribution in [0.2, 0.25) is 5.02 Å². The molecule has 2 heterocycles. The summed E-state index contributed by atoms with van der Waals surface area (Å²) in [5.74, 6) is -2.32. The van der Waals surface area contributed by atoms with Gasteiger partial charge in [-0.25, -0.2) is 9.79 Å². The van der Waals surface area contributed by atoms with Crippen molar-refractivity contribution in [1.29, 1.82) is 0 Å². The van der Waals surface area contributed by atoms with Crippen LogP contribution < -0.4 is 10.5 Å². The topological polar surface area (TPSA) is 114 Å². The van der Waals surface area contributed by atoms with Crippen molar-refractivity contribution < 1.29 is 50.8 Å². The Morgan fingerprint density at radius 1 is 1.08 bits per heavy atom. The number of hydrogen-bond donors (Lipinski definition) is 3. The zero-order chi connectivity index (χ0) is 28.0. The highest BCUT2D eigenvalue weighted by atomic mass is 35.5. The fourth-order valence-corrected chi connectivity index (χ4v) is 5.21. The minimum absolute atomic E-state index is 0.00422. The summed E-state index contributed by atoms with van der Waals surface area (Å²) in [6, 6.07) is 8.73. The molecule has 5 rings (SSSR count). The van der Waals surface area contributed by atoms with E-state index < -0.39 is 35.5 Å². The molecule has 2 aliphatic heterocycles. The summed E-state index contributed by atoms with van der Waals surface area (Å²) < 4.78 is 83.4. The van der Waals surface area contributed by atoms with Crippen LogP contribution in [0.5, 0.6) is 5.75 Å². The van der Waals surface area contributed by atoms with Crippen LogP contribution in [0.25, 0.3) is 11.1 Å². The number of alkyl halides is 6. The standard InChI is InChI=1S/C22H20ClF3N2O3.C2HF3O2/c23-14-6-12(5-13(8-14)22(24,25)26)11-1-3-18-16(7-11)21(10-30-20(27)28-21)17-9-15(29)2-4-19(17)31-18;3-2(4,5)1(6)7/h1,3,5-8,15,17,19,29H,2,4,9-10H2,(H2,27,28);(H,6,7).